The van der Waals surface area contributed by atoms with Crippen LogP contribution in [0.25, 0.3) is 0 Å². The second-order valence-electron chi connectivity index (χ2n) is 4.67. The van der Waals surface area contributed by atoms with Gasteiger partial charge in [-0.05, 0) is 18.6 Å². The highest BCUT2D eigenvalue weighted by atomic mass is 35.5. The summed E-state index contributed by atoms with van der Waals surface area (Å²) in [6.45, 7) is 1.62. The predicted molar refractivity (Wildman–Crippen MR) is 76.2 cm³/mol. The molecule has 0 aliphatic carbocycles. The number of carbonyl (C=O) groups excluding carboxylic acids is 1. The molecule has 2 heterocycles. The number of aromatic nitrogens is 1. The van der Waals surface area contributed by atoms with Crippen LogP contribution in [0.1, 0.15) is 16.9 Å². The van der Waals surface area contributed by atoms with E-state index in [0.717, 1.165) is 0 Å². The van der Waals surface area contributed by atoms with Gasteiger partial charge in [0.25, 0.3) is 5.91 Å². The van der Waals surface area contributed by atoms with Crippen LogP contribution in [0, 0.1) is 0 Å². The van der Waals surface area contributed by atoms with Gasteiger partial charge in [-0.15, -0.1) is 0 Å². The molecule has 0 atom stereocenters. The largest absolute Gasteiger partial charge is 0.336 e. The van der Waals surface area contributed by atoms with Gasteiger partial charge >= 0.3 is 0 Å². The van der Waals surface area contributed by atoms with Crippen LogP contribution in [0.4, 0.5) is 0 Å². The van der Waals surface area contributed by atoms with Crippen LogP contribution in [0.3, 0.4) is 0 Å². The van der Waals surface area contributed by atoms with Gasteiger partial charge in [-0.25, -0.2) is 12.7 Å². The number of carbonyl (C=O) groups is 1. The molecule has 2 rings (SSSR count). The van der Waals surface area contributed by atoms with Crippen LogP contribution in [0.15, 0.2) is 18.3 Å². The minimum Gasteiger partial charge on any atom is -0.336 e. The molecule has 1 aromatic rings. The van der Waals surface area contributed by atoms with Gasteiger partial charge in [-0.3, -0.25) is 9.78 Å². The molecular weight excluding hydrogens is 302 g/mol. The van der Waals surface area contributed by atoms with Crippen molar-refractivity contribution in [3.63, 3.8) is 0 Å². The zero-order valence-corrected chi connectivity index (χ0v) is 12.7. The molecule has 6 nitrogen and oxygen atoms in total. The van der Waals surface area contributed by atoms with Crippen molar-refractivity contribution in [3.05, 3.63) is 29.0 Å². The first-order valence-electron chi connectivity index (χ1n) is 6.24. The highest BCUT2D eigenvalue weighted by Crippen LogP contribution is 2.13. The van der Waals surface area contributed by atoms with Gasteiger partial charge in [-0.2, -0.15) is 0 Å². The third-order valence-corrected chi connectivity index (χ3v) is 4.69. The summed E-state index contributed by atoms with van der Waals surface area (Å²) in [4.78, 5) is 17.9. The maximum atomic E-state index is 12.3. The predicted octanol–water partition coefficient (Wildman–Crippen LogP) is 0.842. The van der Waals surface area contributed by atoms with E-state index in [1.807, 2.05) is 0 Å². The van der Waals surface area contributed by atoms with Crippen LogP contribution < -0.4 is 0 Å². The average Bonchev–Trinajstić information content (AvgIpc) is 2.63. The lowest BCUT2D eigenvalue weighted by Gasteiger charge is -2.20. The maximum absolute atomic E-state index is 12.3. The Labute approximate surface area is 123 Å². The fourth-order valence-electron chi connectivity index (χ4n) is 2.11. The van der Waals surface area contributed by atoms with Crippen LogP contribution in [-0.4, -0.2) is 60.9 Å². The van der Waals surface area contributed by atoms with E-state index in [4.69, 9.17) is 11.6 Å². The number of amides is 1. The Morgan fingerprint density at radius 3 is 2.70 bits per heavy atom. The number of rotatable bonds is 2. The number of nitrogens with zero attached hydrogens (tertiary/aromatic N) is 3. The molecule has 1 aliphatic heterocycles. The molecule has 1 fully saturated rings. The van der Waals surface area contributed by atoms with Crippen LogP contribution in [0.5, 0.6) is 0 Å². The van der Waals surface area contributed by atoms with Crippen molar-refractivity contribution in [2.75, 3.05) is 32.4 Å². The fourth-order valence-corrected chi connectivity index (χ4v) is 3.15. The first-order chi connectivity index (χ1) is 9.38. The number of hydrogen-bond acceptors (Lipinski definition) is 4. The third-order valence-electron chi connectivity index (χ3n) is 3.15. The van der Waals surface area contributed by atoms with E-state index in [2.05, 4.69) is 4.98 Å². The summed E-state index contributed by atoms with van der Waals surface area (Å²) >= 11 is 5.84. The second-order valence-corrected chi connectivity index (χ2v) is 7.09. The second kappa shape index (κ2) is 6.07. The van der Waals surface area contributed by atoms with Gasteiger partial charge < -0.3 is 4.90 Å². The Morgan fingerprint density at radius 2 is 2.05 bits per heavy atom. The quantitative estimate of drug-likeness (QED) is 0.810. The number of sulfonamides is 1. The first-order valence-corrected chi connectivity index (χ1v) is 8.46. The smallest absolute Gasteiger partial charge is 0.272 e. The van der Waals surface area contributed by atoms with Crippen LogP contribution in [0.2, 0.25) is 5.02 Å². The SMILES string of the molecule is CS(=O)(=O)N1CCCN(C(=O)c2cc(Cl)ccn2)CC1. The van der Waals surface area contributed by atoms with Gasteiger partial charge in [0, 0.05) is 37.4 Å². The molecule has 1 amide bonds. The van der Waals surface area contributed by atoms with E-state index in [0.29, 0.717) is 37.6 Å². The molecule has 8 heteroatoms. The average molecular weight is 318 g/mol. The topological polar surface area (TPSA) is 70.6 Å². The van der Waals surface area contributed by atoms with Gasteiger partial charge in [0.05, 0.1) is 6.26 Å². The lowest BCUT2D eigenvalue weighted by atomic mass is 10.3. The van der Waals surface area contributed by atoms with Gasteiger partial charge in [0.2, 0.25) is 10.0 Å². The van der Waals surface area contributed by atoms with Crippen molar-refractivity contribution >= 4 is 27.5 Å². The van der Waals surface area contributed by atoms with Crippen LogP contribution in [-0.2, 0) is 10.0 Å². The van der Waals surface area contributed by atoms with E-state index in [1.54, 1.807) is 11.0 Å². The normalized spacial score (nSPS) is 17.8. The van der Waals surface area contributed by atoms with Crippen molar-refractivity contribution in [2.24, 2.45) is 0 Å². The Bertz CT molecular complexity index is 606. The summed E-state index contributed by atoms with van der Waals surface area (Å²) in [7, 11) is -3.21. The van der Waals surface area contributed by atoms with Gasteiger partial charge in [0.15, 0.2) is 0 Å². The Kier molecular flexibility index (Phi) is 4.62. The molecule has 0 aromatic carbocycles. The van der Waals surface area contributed by atoms with Crippen molar-refractivity contribution in [2.45, 2.75) is 6.42 Å². The fraction of sp³-hybridized carbons (Fsp3) is 0.500. The summed E-state index contributed by atoms with van der Waals surface area (Å²) < 4.78 is 24.4. The molecule has 1 saturated heterocycles. The molecule has 0 unspecified atom stereocenters. The van der Waals surface area contributed by atoms with Gasteiger partial charge in [-0.1, -0.05) is 11.6 Å². The van der Waals surface area contributed by atoms with Crippen molar-refractivity contribution in [1.82, 2.24) is 14.2 Å². The minimum absolute atomic E-state index is 0.220. The van der Waals surface area contributed by atoms with E-state index in [-0.39, 0.29) is 11.6 Å². The number of halogens is 1. The standard InChI is InChI=1S/C12H16ClN3O3S/c1-20(18,19)16-6-2-5-15(7-8-16)12(17)11-9-10(13)3-4-14-11/h3-4,9H,2,5-8H2,1H3. The van der Waals surface area contributed by atoms with E-state index in [9.17, 15) is 13.2 Å². The maximum Gasteiger partial charge on any atom is 0.272 e. The number of pyridine rings is 1. The van der Waals surface area contributed by atoms with Crippen molar-refractivity contribution in [3.8, 4) is 0 Å². The van der Waals surface area contributed by atoms with E-state index >= 15 is 0 Å². The molecule has 0 bridgehead atoms. The molecule has 0 saturated carbocycles. The lowest BCUT2D eigenvalue weighted by Crippen LogP contribution is -2.37. The molecule has 1 aromatic heterocycles. The zero-order chi connectivity index (χ0) is 14.8. The summed E-state index contributed by atoms with van der Waals surface area (Å²) in [5.74, 6) is -0.220. The number of hydrogen-bond donors (Lipinski definition) is 0. The van der Waals surface area contributed by atoms with Crippen molar-refractivity contribution in [1.29, 1.82) is 0 Å². The van der Waals surface area contributed by atoms with Gasteiger partial charge in [0.1, 0.15) is 5.69 Å². The molecule has 20 heavy (non-hydrogen) atoms. The highest BCUT2D eigenvalue weighted by molar-refractivity contribution is 7.88. The zero-order valence-electron chi connectivity index (χ0n) is 11.1. The molecule has 110 valence electrons. The summed E-state index contributed by atoms with van der Waals surface area (Å²) in [6.07, 6.45) is 3.28. The summed E-state index contributed by atoms with van der Waals surface area (Å²) in [5.41, 5.74) is 0.283. The Balaban J connectivity index is 2.09. The van der Waals surface area contributed by atoms with E-state index in [1.165, 1.54) is 22.8 Å². The molecule has 1 aliphatic rings. The van der Waals surface area contributed by atoms with Crippen LogP contribution >= 0.6 is 11.6 Å². The Hall–Kier alpha value is -1.18. The highest BCUT2D eigenvalue weighted by Gasteiger charge is 2.24. The lowest BCUT2D eigenvalue weighted by molar-refractivity contribution is 0.0758. The first kappa shape index (κ1) is 15.2. The molecular formula is C12H16ClN3O3S. The monoisotopic (exact) mass is 317 g/mol. The Morgan fingerprint density at radius 1 is 1.30 bits per heavy atom. The van der Waals surface area contributed by atoms with E-state index < -0.39 is 10.0 Å². The van der Waals surface area contributed by atoms with Crippen molar-refractivity contribution < 1.29 is 13.2 Å². The third kappa shape index (κ3) is 3.68. The summed E-state index contributed by atoms with van der Waals surface area (Å²) in [6, 6.07) is 3.12. The summed E-state index contributed by atoms with van der Waals surface area (Å²) in [5, 5.41) is 0.455. The molecule has 0 spiro atoms. The molecule has 0 radical (unpaired) electrons. The minimum atomic E-state index is -3.21. The molecule has 0 N–H and O–H groups in total.